The van der Waals surface area contributed by atoms with Gasteiger partial charge in [-0.05, 0) is 26.3 Å². The van der Waals surface area contributed by atoms with Gasteiger partial charge in [0.15, 0.2) is 11.9 Å². The van der Waals surface area contributed by atoms with E-state index < -0.39 is 36.2 Å². The molecule has 2 rings (SSSR count). The fraction of sp³-hybridized carbons (Fsp3) is 0.611. The lowest BCUT2D eigenvalue weighted by molar-refractivity contribution is -0.190. The lowest BCUT2D eigenvalue weighted by atomic mass is 10.0. The molecule has 0 unspecified atom stereocenters. The second kappa shape index (κ2) is 8.73. The zero-order valence-corrected chi connectivity index (χ0v) is 14.8. The topological polar surface area (TPSA) is 94.5 Å². The second-order valence-corrected chi connectivity index (χ2v) is 6.32. The summed E-state index contributed by atoms with van der Waals surface area (Å²) >= 11 is 0. The maximum Gasteiger partial charge on any atom is 0.337 e. The minimum atomic E-state index is -1.73. The number of carbonyl (C=O) groups is 1. The van der Waals surface area contributed by atoms with Crippen LogP contribution < -0.4 is 0 Å². The van der Waals surface area contributed by atoms with E-state index in [0.717, 1.165) is 5.56 Å². The fourth-order valence-electron chi connectivity index (χ4n) is 2.62. The van der Waals surface area contributed by atoms with E-state index in [-0.39, 0.29) is 19.8 Å². The zero-order valence-electron chi connectivity index (χ0n) is 14.8. The number of ether oxygens (including phenoxy) is 4. The number of hydrogen-bond acceptors (Lipinski definition) is 7. The van der Waals surface area contributed by atoms with Crippen molar-refractivity contribution in [3.05, 3.63) is 35.9 Å². The van der Waals surface area contributed by atoms with Crippen molar-refractivity contribution in [3.63, 3.8) is 0 Å². The molecule has 1 fully saturated rings. The highest BCUT2D eigenvalue weighted by atomic mass is 16.7. The van der Waals surface area contributed by atoms with Crippen molar-refractivity contribution in [2.45, 2.75) is 57.6 Å². The number of carbonyl (C=O) groups excluding carboxylic acids is 1. The molecule has 1 aromatic rings. The third kappa shape index (κ3) is 5.49. The van der Waals surface area contributed by atoms with Gasteiger partial charge in [-0.2, -0.15) is 0 Å². The van der Waals surface area contributed by atoms with Crippen LogP contribution in [0.4, 0.5) is 0 Å². The van der Waals surface area contributed by atoms with Crippen LogP contribution in [0.5, 0.6) is 0 Å². The summed E-state index contributed by atoms with van der Waals surface area (Å²) in [5.74, 6) is -1.73. The molecule has 0 spiro atoms. The Kier molecular flexibility index (Phi) is 6.92. The van der Waals surface area contributed by atoms with Gasteiger partial charge in [0.1, 0.15) is 18.3 Å². The number of benzene rings is 1. The van der Waals surface area contributed by atoms with Crippen LogP contribution in [0.15, 0.2) is 30.3 Å². The van der Waals surface area contributed by atoms with Crippen molar-refractivity contribution in [1.29, 1.82) is 0 Å². The van der Waals surface area contributed by atoms with Crippen LogP contribution in [0.3, 0.4) is 0 Å². The van der Waals surface area contributed by atoms with Crippen molar-refractivity contribution in [2.24, 2.45) is 0 Å². The number of aliphatic hydroxyl groups is 2. The van der Waals surface area contributed by atoms with Crippen molar-refractivity contribution in [1.82, 2.24) is 0 Å². The Bertz CT molecular complexity index is 546. The van der Waals surface area contributed by atoms with Gasteiger partial charge in [-0.25, -0.2) is 4.79 Å². The van der Waals surface area contributed by atoms with Gasteiger partial charge >= 0.3 is 5.97 Å². The van der Waals surface area contributed by atoms with Gasteiger partial charge < -0.3 is 29.2 Å². The Morgan fingerprint density at radius 3 is 2.56 bits per heavy atom. The molecule has 0 bridgehead atoms. The van der Waals surface area contributed by atoms with Gasteiger partial charge in [0.05, 0.1) is 19.8 Å². The Hall–Kier alpha value is -1.51. The quantitative estimate of drug-likeness (QED) is 0.673. The smallest absolute Gasteiger partial charge is 0.337 e. The predicted molar refractivity (Wildman–Crippen MR) is 88.6 cm³/mol. The summed E-state index contributed by atoms with van der Waals surface area (Å²) in [6.07, 6.45) is -4.82. The molecule has 1 aromatic carbocycles. The number of esters is 1. The zero-order chi connectivity index (χ0) is 18.4. The molecule has 0 aliphatic carbocycles. The molecule has 0 aromatic heterocycles. The van der Waals surface area contributed by atoms with Gasteiger partial charge in [0, 0.05) is 0 Å². The van der Waals surface area contributed by atoms with Crippen molar-refractivity contribution in [3.8, 4) is 0 Å². The molecule has 140 valence electrons. The molecule has 2 N–H and O–H groups in total. The van der Waals surface area contributed by atoms with Gasteiger partial charge in [-0.15, -0.1) is 0 Å². The summed E-state index contributed by atoms with van der Waals surface area (Å²) in [4.78, 5) is 11.7. The summed E-state index contributed by atoms with van der Waals surface area (Å²) in [6, 6.07) is 9.38. The molecule has 0 radical (unpaired) electrons. The van der Waals surface area contributed by atoms with Gasteiger partial charge in [0.25, 0.3) is 0 Å². The molecule has 1 aliphatic heterocycles. The molecule has 7 heteroatoms. The van der Waals surface area contributed by atoms with Gasteiger partial charge in [0.2, 0.25) is 0 Å². The second-order valence-electron chi connectivity index (χ2n) is 6.32. The van der Waals surface area contributed by atoms with Crippen LogP contribution in [0.1, 0.15) is 26.3 Å². The lowest BCUT2D eigenvalue weighted by Crippen LogP contribution is -2.50. The van der Waals surface area contributed by atoms with E-state index in [1.165, 1.54) is 0 Å². The minimum Gasteiger partial charge on any atom is -0.464 e. The summed E-state index contributed by atoms with van der Waals surface area (Å²) < 4.78 is 21.8. The predicted octanol–water partition coefficient (Wildman–Crippen LogP) is 1.01. The van der Waals surface area contributed by atoms with E-state index in [1.54, 1.807) is 20.8 Å². The maximum absolute atomic E-state index is 11.7. The van der Waals surface area contributed by atoms with Crippen LogP contribution >= 0.6 is 0 Å². The maximum atomic E-state index is 11.7. The van der Waals surface area contributed by atoms with E-state index in [2.05, 4.69) is 0 Å². The summed E-state index contributed by atoms with van der Waals surface area (Å²) in [6.45, 7) is 5.59. The van der Waals surface area contributed by atoms with E-state index in [1.807, 2.05) is 30.3 Å². The van der Waals surface area contributed by atoms with Crippen LogP contribution in [-0.2, 0) is 30.3 Å². The van der Waals surface area contributed by atoms with E-state index in [9.17, 15) is 15.0 Å². The summed E-state index contributed by atoms with van der Waals surface area (Å²) in [5.41, 5.74) is 0.892. The van der Waals surface area contributed by atoms with Crippen molar-refractivity contribution >= 4 is 5.97 Å². The lowest BCUT2D eigenvalue weighted by Gasteiger charge is -2.30. The molecular weight excluding hydrogens is 328 g/mol. The highest BCUT2D eigenvalue weighted by molar-refractivity contribution is 5.75. The summed E-state index contributed by atoms with van der Waals surface area (Å²) in [5, 5.41) is 20.5. The molecule has 1 saturated heterocycles. The van der Waals surface area contributed by atoms with Crippen LogP contribution in [-0.4, -0.2) is 59.6 Å². The van der Waals surface area contributed by atoms with Gasteiger partial charge in [-0.1, -0.05) is 30.3 Å². The Morgan fingerprint density at radius 2 is 2.00 bits per heavy atom. The van der Waals surface area contributed by atoms with Crippen LogP contribution in [0.2, 0.25) is 0 Å². The molecule has 1 heterocycles. The van der Waals surface area contributed by atoms with Crippen LogP contribution in [0, 0.1) is 0 Å². The fourth-order valence-corrected chi connectivity index (χ4v) is 2.62. The molecule has 4 atom stereocenters. The van der Waals surface area contributed by atoms with Gasteiger partial charge in [-0.3, -0.25) is 0 Å². The monoisotopic (exact) mass is 354 g/mol. The minimum absolute atomic E-state index is 0.105. The Morgan fingerprint density at radius 1 is 1.32 bits per heavy atom. The Labute approximate surface area is 147 Å². The molecule has 7 nitrogen and oxygen atoms in total. The van der Waals surface area contributed by atoms with E-state index in [0.29, 0.717) is 0 Å². The molecule has 1 aliphatic rings. The SMILES string of the molecule is CCOC(=O)[C@@H](O)[C@H](O)[C@H](OCc1ccccc1)[C@@H]1COC(C)(C)O1. The molecule has 0 amide bonds. The first-order valence-electron chi connectivity index (χ1n) is 8.34. The first kappa shape index (κ1) is 19.8. The summed E-state index contributed by atoms with van der Waals surface area (Å²) in [7, 11) is 0. The largest absolute Gasteiger partial charge is 0.464 e. The van der Waals surface area contributed by atoms with Crippen molar-refractivity contribution in [2.75, 3.05) is 13.2 Å². The number of aliphatic hydroxyl groups excluding tert-OH is 2. The average molecular weight is 354 g/mol. The molecular formula is C18H26O7. The first-order chi connectivity index (χ1) is 11.8. The molecule has 25 heavy (non-hydrogen) atoms. The molecule has 0 saturated carbocycles. The van der Waals surface area contributed by atoms with E-state index in [4.69, 9.17) is 18.9 Å². The van der Waals surface area contributed by atoms with Crippen molar-refractivity contribution < 1.29 is 34.0 Å². The standard InChI is InChI=1S/C18H26O7/c1-4-22-17(21)15(20)14(19)16(13-11-24-18(2,3)25-13)23-10-12-8-6-5-7-9-12/h5-9,13-16,19-20H,4,10-11H2,1-3H3/t13-,14-,15-,16+/m0/s1. The third-order valence-electron chi connectivity index (χ3n) is 3.87. The number of hydrogen-bond donors (Lipinski definition) is 2. The third-order valence-corrected chi connectivity index (χ3v) is 3.87. The highest BCUT2D eigenvalue weighted by Gasteiger charge is 2.44. The number of rotatable bonds is 8. The Balaban J connectivity index is 2.09. The van der Waals surface area contributed by atoms with E-state index >= 15 is 0 Å². The normalized spacial score (nSPS) is 23.0. The van der Waals surface area contributed by atoms with Crippen LogP contribution in [0.25, 0.3) is 0 Å². The average Bonchev–Trinajstić information content (AvgIpc) is 2.95. The first-order valence-corrected chi connectivity index (χ1v) is 8.34. The highest BCUT2D eigenvalue weighted by Crippen LogP contribution is 2.28.